The van der Waals surface area contributed by atoms with Crippen LogP contribution in [-0.4, -0.2) is 60.9 Å². The van der Waals surface area contributed by atoms with Crippen LogP contribution in [0, 0.1) is 28.9 Å². The van der Waals surface area contributed by atoms with Crippen LogP contribution in [0.5, 0.6) is 5.75 Å². The Morgan fingerprint density at radius 3 is 2.16 bits per heavy atom. The van der Waals surface area contributed by atoms with E-state index in [4.69, 9.17) is 29.3 Å². The third-order valence-electron chi connectivity index (χ3n) is 10.3. The Morgan fingerprint density at radius 2 is 1.60 bits per heavy atom. The highest BCUT2D eigenvalue weighted by molar-refractivity contribution is 6.48. The first-order valence-electron chi connectivity index (χ1n) is 17.1. The van der Waals surface area contributed by atoms with E-state index in [0.717, 1.165) is 25.0 Å². The topological polar surface area (TPSA) is 135 Å². The van der Waals surface area contributed by atoms with Gasteiger partial charge in [0.2, 0.25) is 5.91 Å². The largest absolute Gasteiger partial charge is 0.496 e. The van der Waals surface area contributed by atoms with Gasteiger partial charge in [0.15, 0.2) is 0 Å². The minimum atomic E-state index is -1.80. The average Bonchev–Trinajstić information content (AvgIpc) is 3.35. The molecule has 6 atom stereocenters. The third-order valence-corrected chi connectivity index (χ3v) is 10.3. The Balaban J connectivity index is 1.46. The monoisotopic (exact) mass is 698 g/mol. The number of ether oxygens (including phenoxy) is 3. The lowest BCUT2D eigenvalue weighted by molar-refractivity contribution is -0.199. The van der Waals surface area contributed by atoms with Crippen molar-refractivity contribution in [1.29, 1.82) is 0 Å². The molecule has 0 radical (unpaired) electrons. The lowest BCUT2D eigenvalue weighted by Crippen LogP contribution is -2.65. The second kappa shape index (κ2) is 13.2. The second-order valence-corrected chi connectivity index (χ2v) is 16.5. The van der Waals surface area contributed by atoms with E-state index in [2.05, 4.69) is 19.2 Å². The Labute approximate surface area is 293 Å². The highest BCUT2D eigenvalue weighted by Gasteiger charge is 2.68. The molecule has 272 valence electrons. The lowest BCUT2D eigenvalue weighted by Gasteiger charge is -2.64. The highest BCUT2D eigenvalue weighted by Crippen LogP contribution is 2.65. The molecule has 13 heteroatoms. The van der Waals surface area contributed by atoms with Crippen LogP contribution < -0.4 is 15.8 Å². The first-order chi connectivity index (χ1) is 23.1. The number of hydrogen-bond donors (Lipinski definition) is 2. The molecule has 10 nitrogen and oxygen atoms in total. The zero-order valence-electron chi connectivity index (χ0n) is 30.6. The fourth-order valence-electron chi connectivity index (χ4n) is 7.74. The second-order valence-electron chi connectivity index (χ2n) is 16.5. The normalized spacial score (nSPS) is 25.1. The van der Waals surface area contributed by atoms with Gasteiger partial charge < -0.3 is 34.6 Å². The molecule has 3 aliphatic carbocycles. The van der Waals surface area contributed by atoms with Gasteiger partial charge in [-0.2, -0.15) is 0 Å². The Bertz CT molecular complexity index is 1650. The average molecular weight is 699 g/mol. The summed E-state index contributed by atoms with van der Waals surface area (Å²) >= 11 is 0. The van der Waals surface area contributed by atoms with Crippen molar-refractivity contribution in [2.45, 2.75) is 116 Å². The maximum atomic E-state index is 15.4. The van der Waals surface area contributed by atoms with Gasteiger partial charge in [0.25, 0.3) is 0 Å². The van der Waals surface area contributed by atoms with Crippen LogP contribution in [0.15, 0.2) is 30.3 Å². The first-order valence-corrected chi connectivity index (χ1v) is 17.1. The van der Waals surface area contributed by atoms with Crippen molar-refractivity contribution in [3.05, 3.63) is 64.2 Å². The van der Waals surface area contributed by atoms with E-state index in [9.17, 15) is 14.4 Å². The van der Waals surface area contributed by atoms with E-state index in [-0.39, 0.29) is 40.7 Å². The molecular weight excluding hydrogens is 649 g/mol. The smallest absolute Gasteiger partial charge is 0.482 e. The third kappa shape index (κ3) is 7.27. The number of carbonyl (C=O) groups is 3. The molecule has 2 aromatic carbocycles. The SMILES string of the molecule is COc1c(CC(NC(=O)C(N)c2c(F)cc(C(=O)OC(C)(C)C)cc2F)B2O[C@@H]3C[C@@H]4C[C@@H](C4(C)C)[C@]3(C)O2)cccc1C(=O)OC(C)(C)C. The van der Waals surface area contributed by atoms with Crippen molar-refractivity contribution < 1.29 is 46.7 Å². The fourth-order valence-corrected chi connectivity index (χ4v) is 7.74. The van der Waals surface area contributed by atoms with Crippen LogP contribution >= 0.6 is 0 Å². The molecule has 1 heterocycles. The van der Waals surface area contributed by atoms with E-state index in [1.807, 2.05) is 6.92 Å². The molecule has 3 saturated carbocycles. The van der Waals surface area contributed by atoms with Crippen molar-refractivity contribution in [2.24, 2.45) is 23.0 Å². The summed E-state index contributed by atoms with van der Waals surface area (Å²) in [5.41, 5.74) is 3.64. The first kappa shape index (κ1) is 37.7. The number of methoxy groups -OCH3 is 1. The van der Waals surface area contributed by atoms with Gasteiger partial charge in [0.05, 0.1) is 30.3 Å². The molecule has 4 fully saturated rings. The number of hydrogen-bond acceptors (Lipinski definition) is 9. The number of esters is 2. The number of benzene rings is 2. The quantitative estimate of drug-likeness (QED) is 0.243. The van der Waals surface area contributed by atoms with E-state index in [1.54, 1.807) is 59.7 Å². The van der Waals surface area contributed by atoms with Gasteiger partial charge in [-0.05, 0) is 109 Å². The zero-order valence-corrected chi connectivity index (χ0v) is 30.6. The molecule has 0 spiro atoms. The lowest BCUT2D eigenvalue weighted by atomic mass is 9.43. The summed E-state index contributed by atoms with van der Waals surface area (Å²) in [6.07, 6.45) is 1.60. The Morgan fingerprint density at radius 1 is 1.00 bits per heavy atom. The number of nitrogens with two attached hydrogens (primary N) is 1. The summed E-state index contributed by atoms with van der Waals surface area (Å²) in [6, 6.07) is 4.79. The maximum absolute atomic E-state index is 15.4. The fraction of sp³-hybridized carbons (Fsp3) is 0.595. The molecule has 4 aliphatic rings. The number of nitrogens with one attached hydrogen (secondary N) is 1. The summed E-state index contributed by atoms with van der Waals surface area (Å²) in [5.74, 6) is -4.76. The summed E-state index contributed by atoms with van der Waals surface area (Å²) in [4.78, 5) is 39.4. The van der Waals surface area contributed by atoms with Gasteiger partial charge in [-0.25, -0.2) is 18.4 Å². The van der Waals surface area contributed by atoms with E-state index in [0.29, 0.717) is 11.5 Å². The van der Waals surface area contributed by atoms with Gasteiger partial charge in [-0.1, -0.05) is 26.0 Å². The van der Waals surface area contributed by atoms with Crippen LogP contribution in [-0.2, 0) is 30.0 Å². The van der Waals surface area contributed by atoms with Gasteiger partial charge in [-0.15, -0.1) is 0 Å². The zero-order chi connectivity index (χ0) is 37.1. The number of para-hydroxylation sites is 1. The van der Waals surface area contributed by atoms with Gasteiger partial charge in [0, 0.05) is 5.56 Å². The van der Waals surface area contributed by atoms with Crippen molar-refractivity contribution in [2.75, 3.05) is 7.11 Å². The van der Waals surface area contributed by atoms with E-state index >= 15 is 8.78 Å². The number of amides is 1. The molecule has 1 aliphatic heterocycles. The predicted octanol–water partition coefficient (Wildman–Crippen LogP) is 5.88. The van der Waals surface area contributed by atoms with E-state index < -0.39 is 70.9 Å². The van der Waals surface area contributed by atoms with Crippen LogP contribution in [0.2, 0.25) is 0 Å². The van der Waals surface area contributed by atoms with Crippen molar-refractivity contribution in [1.82, 2.24) is 5.32 Å². The van der Waals surface area contributed by atoms with Crippen molar-refractivity contribution in [3.8, 4) is 5.75 Å². The Kier molecular flexibility index (Phi) is 9.96. The minimum Gasteiger partial charge on any atom is -0.496 e. The number of carbonyl (C=O) groups excluding carboxylic acids is 3. The van der Waals surface area contributed by atoms with Crippen LogP contribution in [0.25, 0.3) is 0 Å². The maximum Gasteiger partial charge on any atom is 0.482 e. The molecule has 3 N–H and O–H groups in total. The van der Waals surface area contributed by atoms with Crippen LogP contribution in [0.4, 0.5) is 8.78 Å². The van der Waals surface area contributed by atoms with Crippen LogP contribution in [0.1, 0.15) is 113 Å². The summed E-state index contributed by atoms with van der Waals surface area (Å²) in [5, 5.41) is 2.83. The molecule has 2 bridgehead atoms. The molecule has 1 amide bonds. The molecular formula is C37H49BF2N2O8. The van der Waals surface area contributed by atoms with Crippen molar-refractivity contribution >= 4 is 25.0 Å². The minimum absolute atomic E-state index is 0.0474. The molecule has 6 rings (SSSR count). The number of rotatable bonds is 9. The van der Waals surface area contributed by atoms with Gasteiger partial charge in [0.1, 0.15) is 40.2 Å². The molecule has 2 aromatic rings. The van der Waals surface area contributed by atoms with Gasteiger partial charge >= 0.3 is 19.1 Å². The van der Waals surface area contributed by atoms with Crippen LogP contribution in [0.3, 0.4) is 0 Å². The van der Waals surface area contributed by atoms with Gasteiger partial charge in [-0.3, -0.25) is 4.79 Å². The molecule has 1 saturated heterocycles. The highest BCUT2D eigenvalue weighted by atomic mass is 19.1. The summed E-state index contributed by atoms with van der Waals surface area (Å²) in [6.45, 7) is 16.6. The molecule has 2 unspecified atom stereocenters. The molecule has 0 aromatic heterocycles. The summed E-state index contributed by atoms with van der Waals surface area (Å²) in [7, 11) is 0.464. The standard InChI is InChI=1S/C37H49BF2N2O8/c1-34(2,3)47-32(44)20-14-23(39)28(24(40)15-20)29(41)31(43)42-27(38-49-26-18-21-17-25(36(21,7)8)37(26,9)50-38)16-19-12-11-13-22(30(19)46-10)33(45)48-35(4,5)6/h11-15,21,25-27,29H,16-18,41H2,1-10H3,(H,42,43)/t21-,25-,26+,27?,29?,37-/m0/s1. The van der Waals surface area contributed by atoms with E-state index in [1.165, 1.54) is 7.11 Å². The predicted molar refractivity (Wildman–Crippen MR) is 182 cm³/mol. The van der Waals surface area contributed by atoms with Crippen molar-refractivity contribution in [3.63, 3.8) is 0 Å². The number of halogens is 2. The summed E-state index contributed by atoms with van der Waals surface area (Å²) < 4.78 is 60.5. The molecule has 50 heavy (non-hydrogen) atoms. The Hall–Kier alpha value is -3.55.